The van der Waals surface area contributed by atoms with E-state index in [9.17, 15) is 9.59 Å². The van der Waals surface area contributed by atoms with Crippen molar-refractivity contribution in [2.45, 2.75) is 25.4 Å². The molecular weight excluding hydrogens is 340 g/mol. The largest absolute Gasteiger partial charge is 0.465 e. The molecule has 6 heteroatoms. The minimum atomic E-state index is -0.804. The number of carbonyl (C=O) groups is 2. The predicted molar refractivity (Wildman–Crippen MR) is 97.3 cm³/mol. The van der Waals surface area contributed by atoms with E-state index in [2.05, 4.69) is 10.1 Å². The van der Waals surface area contributed by atoms with Gasteiger partial charge in [-0.3, -0.25) is 4.79 Å². The quantitative estimate of drug-likeness (QED) is 0.773. The molecule has 0 heterocycles. The lowest BCUT2D eigenvalue weighted by molar-refractivity contribution is -0.123. The molecule has 5 nitrogen and oxygen atoms in total. The predicted octanol–water partition coefficient (Wildman–Crippen LogP) is 3.39. The van der Waals surface area contributed by atoms with Crippen molar-refractivity contribution in [3.05, 3.63) is 70.2 Å². The lowest BCUT2D eigenvalue weighted by Gasteiger charge is -2.20. The number of ether oxygens (including phenoxy) is 1. The summed E-state index contributed by atoms with van der Waals surface area (Å²) in [4.78, 5) is 24.0. The molecule has 3 N–H and O–H groups in total. The first kappa shape index (κ1) is 19.0. The molecule has 0 radical (unpaired) electrons. The number of carbonyl (C=O) groups excluding carboxylic acids is 2. The Labute approximate surface area is 152 Å². The SMILES string of the molecule is CCC(NC(=O)C(N)c1cccc(Cl)c1)c1ccc(C(=O)OC)cc1. The third-order valence-corrected chi connectivity index (χ3v) is 4.18. The van der Waals surface area contributed by atoms with Gasteiger partial charge in [0.05, 0.1) is 18.7 Å². The third kappa shape index (κ3) is 4.81. The van der Waals surface area contributed by atoms with Gasteiger partial charge < -0.3 is 15.8 Å². The topological polar surface area (TPSA) is 81.4 Å². The Balaban J connectivity index is 2.10. The molecule has 0 aliphatic rings. The highest BCUT2D eigenvalue weighted by atomic mass is 35.5. The molecule has 0 aliphatic heterocycles. The number of nitrogens with two attached hydrogens (primary N) is 1. The maximum Gasteiger partial charge on any atom is 0.337 e. The Morgan fingerprint density at radius 1 is 1.16 bits per heavy atom. The van der Waals surface area contributed by atoms with Gasteiger partial charge in [-0.05, 0) is 41.8 Å². The van der Waals surface area contributed by atoms with E-state index < -0.39 is 12.0 Å². The molecule has 2 aromatic rings. The highest BCUT2D eigenvalue weighted by Crippen LogP contribution is 2.21. The minimum Gasteiger partial charge on any atom is -0.465 e. The van der Waals surface area contributed by atoms with Crippen LogP contribution in [-0.2, 0) is 9.53 Å². The van der Waals surface area contributed by atoms with Crippen molar-refractivity contribution in [3.8, 4) is 0 Å². The molecule has 2 atom stereocenters. The van der Waals surface area contributed by atoms with Crippen molar-refractivity contribution in [2.75, 3.05) is 7.11 Å². The van der Waals surface area contributed by atoms with Crippen LogP contribution in [0.1, 0.15) is 46.9 Å². The summed E-state index contributed by atoms with van der Waals surface area (Å²) in [6, 6.07) is 12.9. The Bertz CT molecular complexity index is 747. The second-order valence-electron chi connectivity index (χ2n) is 5.62. The molecule has 2 unspecified atom stereocenters. The van der Waals surface area contributed by atoms with Gasteiger partial charge in [-0.15, -0.1) is 0 Å². The molecule has 132 valence electrons. The molecule has 0 spiro atoms. The number of methoxy groups -OCH3 is 1. The number of rotatable bonds is 6. The van der Waals surface area contributed by atoms with E-state index in [1.807, 2.05) is 6.92 Å². The lowest BCUT2D eigenvalue weighted by Crippen LogP contribution is -2.36. The first-order chi connectivity index (χ1) is 12.0. The first-order valence-corrected chi connectivity index (χ1v) is 8.33. The standard InChI is InChI=1S/C19H21ClN2O3/c1-3-16(12-7-9-13(10-8-12)19(24)25-2)22-18(23)17(21)14-5-4-6-15(20)11-14/h4-11,16-17H,3,21H2,1-2H3,(H,22,23). The number of esters is 1. The van der Waals surface area contributed by atoms with Crippen LogP contribution in [0.25, 0.3) is 0 Å². The number of benzene rings is 2. The first-order valence-electron chi connectivity index (χ1n) is 7.96. The molecule has 0 fully saturated rings. The summed E-state index contributed by atoms with van der Waals surface area (Å²) in [7, 11) is 1.34. The van der Waals surface area contributed by atoms with E-state index in [1.165, 1.54) is 7.11 Å². The van der Waals surface area contributed by atoms with Crippen LogP contribution in [0.15, 0.2) is 48.5 Å². The van der Waals surface area contributed by atoms with Crippen molar-refractivity contribution in [2.24, 2.45) is 5.73 Å². The zero-order valence-electron chi connectivity index (χ0n) is 14.2. The van der Waals surface area contributed by atoms with Crippen LogP contribution < -0.4 is 11.1 Å². The van der Waals surface area contributed by atoms with Gasteiger partial charge in [0.1, 0.15) is 6.04 Å². The average Bonchev–Trinajstić information content (AvgIpc) is 2.64. The van der Waals surface area contributed by atoms with Crippen molar-refractivity contribution in [3.63, 3.8) is 0 Å². The summed E-state index contributed by atoms with van der Waals surface area (Å²) in [6.07, 6.45) is 0.686. The zero-order chi connectivity index (χ0) is 18.4. The normalized spacial score (nSPS) is 13.0. The monoisotopic (exact) mass is 360 g/mol. The second-order valence-corrected chi connectivity index (χ2v) is 6.05. The van der Waals surface area contributed by atoms with Crippen LogP contribution in [0.4, 0.5) is 0 Å². The van der Waals surface area contributed by atoms with Crippen LogP contribution in [0.5, 0.6) is 0 Å². The fraction of sp³-hybridized carbons (Fsp3) is 0.263. The maximum atomic E-state index is 12.5. The van der Waals surface area contributed by atoms with Crippen LogP contribution >= 0.6 is 11.6 Å². The van der Waals surface area contributed by atoms with Gasteiger partial charge in [-0.2, -0.15) is 0 Å². The summed E-state index contributed by atoms with van der Waals surface area (Å²) in [6.45, 7) is 1.96. The third-order valence-electron chi connectivity index (χ3n) is 3.95. The highest BCUT2D eigenvalue weighted by molar-refractivity contribution is 6.30. The molecule has 0 saturated carbocycles. The van der Waals surface area contributed by atoms with E-state index in [0.29, 0.717) is 22.6 Å². The van der Waals surface area contributed by atoms with Crippen LogP contribution in [-0.4, -0.2) is 19.0 Å². The molecule has 2 rings (SSSR count). The summed E-state index contributed by atoms with van der Waals surface area (Å²) in [5, 5.41) is 3.47. The summed E-state index contributed by atoms with van der Waals surface area (Å²) in [5.74, 6) is -0.683. The molecule has 25 heavy (non-hydrogen) atoms. The molecule has 0 bridgehead atoms. The van der Waals surface area contributed by atoms with Gasteiger partial charge in [-0.25, -0.2) is 4.79 Å². The Morgan fingerprint density at radius 2 is 1.84 bits per heavy atom. The second kappa shape index (κ2) is 8.65. The van der Waals surface area contributed by atoms with Gasteiger partial charge in [0.2, 0.25) is 5.91 Å². The van der Waals surface area contributed by atoms with Crippen molar-refractivity contribution < 1.29 is 14.3 Å². The van der Waals surface area contributed by atoms with Crippen LogP contribution in [0.3, 0.4) is 0 Å². The summed E-state index contributed by atoms with van der Waals surface area (Å²) in [5.41, 5.74) is 8.04. The fourth-order valence-corrected chi connectivity index (χ4v) is 2.70. The van der Waals surface area contributed by atoms with E-state index in [4.69, 9.17) is 17.3 Å². The van der Waals surface area contributed by atoms with Gasteiger partial charge >= 0.3 is 5.97 Å². The number of halogens is 1. The molecule has 0 aliphatic carbocycles. The maximum absolute atomic E-state index is 12.5. The Hall–Kier alpha value is -2.37. The Kier molecular flexibility index (Phi) is 6.56. The van der Waals surface area contributed by atoms with Crippen molar-refractivity contribution in [1.82, 2.24) is 5.32 Å². The fourth-order valence-electron chi connectivity index (χ4n) is 2.50. The van der Waals surface area contributed by atoms with E-state index in [0.717, 1.165) is 5.56 Å². The average molecular weight is 361 g/mol. The van der Waals surface area contributed by atoms with Crippen molar-refractivity contribution in [1.29, 1.82) is 0 Å². The van der Waals surface area contributed by atoms with Crippen LogP contribution in [0, 0.1) is 0 Å². The van der Waals surface area contributed by atoms with Gasteiger partial charge in [-0.1, -0.05) is 42.8 Å². The van der Waals surface area contributed by atoms with E-state index in [1.54, 1.807) is 48.5 Å². The Morgan fingerprint density at radius 3 is 2.40 bits per heavy atom. The molecule has 2 aromatic carbocycles. The van der Waals surface area contributed by atoms with Gasteiger partial charge in [0, 0.05) is 5.02 Å². The smallest absolute Gasteiger partial charge is 0.337 e. The number of hydrogen-bond acceptors (Lipinski definition) is 4. The lowest BCUT2D eigenvalue weighted by atomic mass is 10.0. The molecule has 0 aromatic heterocycles. The molecule has 1 amide bonds. The van der Waals surface area contributed by atoms with Crippen molar-refractivity contribution >= 4 is 23.5 Å². The van der Waals surface area contributed by atoms with E-state index in [-0.39, 0.29) is 11.9 Å². The van der Waals surface area contributed by atoms with E-state index >= 15 is 0 Å². The minimum absolute atomic E-state index is 0.204. The number of nitrogens with one attached hydrogen (secondary N) is 1. The summed E-state index contributed by atoms with van der Waals surface area (Å²) < 4.78 is 4.68. The van der Waals surface area contributed by atoms with Gasteiger partial charge in [0.15, 0.2) is 0 Å². The molecular formula is C19H21ClN2O3. The highest BCUT2D eigenvalue weighted by Gasteiger charge is 2.20. The number of amides is 1. The molecule has 0 saturated heterocycles. The zero-order valence-corrected chi connectivity index (χ0v) is 14.9. The number of hydrogen-bond donors (Lipinski definition) is 2. The van der Waals surface area contributed by atoms with Crippen LogP contribution in [0.2, 0.25) is 5.02 Å². The van der Waals surface area contributed by atoms with Gasteiger partial charge in [0.25, 0.3) is 0 Å². The summed E-state index contributed by atoms with van der Waals surface area (Å²) >= 11 is 5.95.